The first-order valence-electron chi connectivity index (χ1n) is 8.21. The maximum Gasteiger partial charge on any atom is 0.0306 e. The van der Waals surface area contributed by atoms with E-state index in [1.165, 1.54) is 50.8 Å². The Morgan fingerprint density at radius 1 is 1.20 bits per heavy atom. The molecule has 1 saturated heterocycles. The number of hydrogen-bond acceptors (Lipinski definition) is 2. The van der Waals surface area contributed by atoms with Gasteiger partial charge < -0.3 is 5.73 Å². The van der Waals surface area contributed by atoms with Gasteiger partial charge in [-0.05, 0) is 43.7 Å². The maximum absolute atomic E-state index is 6.16. The minimum atomic E-state index is 0.217. The van der Waals surface area contributed by atoms with Crippen molar-refractivity contribution in [3.63, 3.8) is 0 Å². The van der Waals surface area contributed by atoms with Gasteiger partial charge >= 0.3 is 0 Å². The molecule has 1 aliphatic carbocycles. The number of benzene rings is 1. The molecule has 110 valence electrons. The molecule has 0 radical (unpaired) electrons. The van der Waals surface area contributed by atoms with Crippen LogP contribution in [0.2, 0.25) is 0 Å². The predicted octanol–water partition coefficient (Wildman–Crippen LogP) is 3.38. The third-order valence-electron chi connectivity index (χ3n) is 5.62. The summed E-state index contributed by atoms with van der Waals surface area (Å²) in [6.45, 7) is 5.58. The molecule has 0 spiro atoms. The number of likely N-dealkylation sites (tertiary alicyclic amines) is 1. The summed E-state index contributed by atoms with van der Waals surface area (Å²) in [5.74, 6) is 1.63. The molecule has 20 heavy (non-hydrogen) atoms. The summed E-state index contributed by atoms with van der Waals surface area (Å²) in [4.78, 5) is 2.67. The van der Waals surface area contributed by atoms with Gasteiger partial charge in [-0.25, -0.2) is 0 Å². The van der Waals surface area contributed by atoms with Gasteiger partial charge in [-0.3, -0.25) is 4.90 Å². The fraction of sp³-hybridized carbons (Fsp3) is 0.667. The van der Waals surface area contributed by atoms with Gasteiger partial charge in [-0.15, -0.1) is 0 Å². The molecule has 2 heteroatoms. The summed E-state index contributed by atoms with van der Waals surface area (Å²) in [6.07, 6.45) is 6.85. The van der Waals surface area contributed by atoms with Crippen LogP contribution in [-0.2, 0) is 0 Å². The number of nitrogens with two attached hydrogens (primary N) is 1. The molecule has 1 saturated carbocycles. The monoisotopic (exact) mass is 272 g/mol. The lowest BCUT2D eigenvalue weighted by Gasteiger charge is -2.43. The fourth-order valence-corrected chi connectivity index (χ4v) is 3.91. The predicted molar refractivity (Wildman–Crippen MR) is 84.8 cm³/mol. The molecule has 0 aromatic heterocycles. The standard InChI is InChI=1S/C18H28N2/c1-18(14-19,12-15-6-5-7-15)20-11-10-17(13-20)16-8-3-2-4-9-16/h2-4,8-9,15,17H,5-7,10-14,19H2,1H3. The molecular formula is C18H28N2. The van der Waals surface area contributed by atoms with E-state index in [2.05, 4.69) is 42.2 Å². The Bertz CT molecular complexity index is 426. The van der Waals surface area contributed by atoms with Crippen molar-refractivity contribution >= 4 is 0 Å². The van der Waals surface area contributed by atoms with E-state index in [9.17, 15) is 0 Å². The Balaban J connectivity index is 1.65. The van der Waals surface area contributed by atoms with E-state index in [0.29, 0.717) is 5.92 Å². The highest BCUT2D eigenvalue weighted by atomic mass is 15.2. The second-order valence-electron chi connectivity index (χ2n) is 7.04. The van der Waals surface area contributed by atoms with Gasteiger partial charge in [0.15, 0.2) is 0 Å². The molecule has 2 fully saturated rings. The Morgan fingerprint density at radius 2 is 1.95 bits per heavy atom. The van der Waals surface area contributed by atoms with E-state index in [0.717, 1.165) is 12.5 Å². The quantitative estimate of drug-likeness (QED) is 0.890. The van der Waals surface area contributed by atoms with Crippen molar-refractivity contribution in [3.05, 3.63) is 35.9 Å². The van der Waals surface area contributed by atoms with Crippen molar-refractivity contribution < 1.29 is 0 Å². The van der Waals surface area contributed by atoms with Crippen LogP contribution < -0.4 is 5.73 Å². The van der Waals surface area contributed by atoms with Crippen molar-refractivity contribution in [2.24, 2.45) is 11.7 Å². The first kappa shape index (κ1) is 14.1. The Morgan fingerprint density at radius 3 is 2.55 bits per heavy atom. The van der Waals surface area contributed by atoms with Crippen LogP contribution in [0.5, 0.6) is 0 Å². The first-order chi connectivity index (χ1) is 9.71. The molecular weight excluding hydrogens is 244 g/mol. The lowest BCUT2D eigenvalue weighted by atomic mass is 9.76. The number of nitrogens with zero attached hydrogens (tertiary/aromatic N) is 1. The van der Waals surface area contributed by atoms with Gasteiger partial charge in [-0.2, -0.15) is 0 Å². The van der Waals surface area contributed by atoms with Gasteiger partial charge in [0.05, 0.1) is 0 Å². The maximum atomic E-state index is 6.16. The van der Waals surface area contributed by atoms with E-state index in [-0.39, 0.29) is 5.54 Å². The van der Waals surface area contributed by atoms with Crippen LogP contribution in [-0.4, -0.2) is 30.1 Å². The molecule has 3 rings (SSSR count). The van der Waals surface area contributed by atoms with E-state index in [1.807, 2.05) is 0 Å². The zero-order valence-electron chi connectivity index (χ0n) is 12.7. The van der Waals surface area contributed by atoms with Crippen LogP contribution in [0.3, 0.4) is 0 Å². The van der Waals surface area contributed by atoms with E-state index < -0.39 is 0 Å². The molecule has 2 N–H and O–H groups in total. The lowest BCUT2D eigenvalue weighted by molar-refractivity contribution is 0.0890. The van der Waals surface area contributed by atoms with Gasteiger partial charge in [0.25, 0.3) is 0 Å². The summed E-state index contributed by atoms with van der Waals surface area (Å²) in [5.41, 5.74) is 7.87. The SMILES string of the molecule is CC(CN)(CC1CCC1)N1CCC(c2ccccc2)C1. The minimum absolute atomic E-state index is 0.217. The summed E-state index contributed by atoms with van der Waals surface area (Å²) >= 11 is 0. The average Bonchev–Trinajstić information content (AvgIpc) is 2.94. The van der Waals surface area contributed by atoms with Gasteiger partial charge in [0.2, 0.25) is 0 Å². The van der Waals surface area contributed by atoms with Crippen molar-refractivity contribution in [2.75, 3.05) is 19.6 Å². The van der Waals surface area contributed by atoms with Crippen molar-refractivity contribution in [1.29, 1.82) is 0 Å². The molecule has 0 bridgehead atoms. The summed E-state index contributed by atoms with van der Waals surface area (Å²) < 4.78 is 0. The molecule has 2 unspecified atom stereocenters. The fourth-order valence-electron chi connectivity index (χ4n) is 3.91. The summed E-state index contributed by atoms with van der Waals surface area (Å²) in [5, 5.41) is 0. The Kier molecular flexibility index (Phi) is 4.13. The van der Waals surface area contributed by atoms with E-state index in [1.54, 1.807) is 0 Å². The second-order valence-corrected chi connectivity index (χ2v) is 7.04. The molecule has 1 heterocycles. The largest absolute Gasteiger partial charge is 0.329 e. The van der Waals surface area contributed by atoms with E-state index >= 15 is 0 Å². The van der Waals surface area contributed by atoms with Gasteiger partial charge in [0.1, 0.15) is 0 Å². The molecule has 1 aromatic carbocycles. The smallest absolute Gasteiger partial charge is 0.0306 e. The van der Waals surface area contributed by atoms with Crippen molar-refractivity contribution in [3.8, 4) is 0 Å². The zero-order valence-corrected chi connectivity index (χ0v) is 12.7. The average molecular weight is 272 g/mol. The topological polar surface area (TPSA) is 29.3 Å². The first-order valence-corrected chi connectivity index (χ1v) is 8.21. The highest BCUT2D eigenvalue weighted by Gasteiger charge is 2.38. The third-order valence-corrected chi connectivity index (χ3v) is 5.62. The number of hydrogen-bond donors (Lipinski definition) is 1. The number of rotatable bonds is 5. The van der Waals surface area contributed by atoms with Crippen LogP contribution >= 0.6 is 0 Å². The normalized spacial score (nSPS) is 27.2. The molecule has 0 amide bonds. The van der Waals surface area contributed by atoms with Gasteiger partial charge in [0, 0.05) is 18.6 Å². The zero-order chi connectivity index (χ0) is 14.0. The highest BCUT2D eigenvalue weighted by Crippen LogP contribution is 2.39. The third kappa shape index (κ3) is 2.77. The van der Waals surface area contributed by atoms with Crippen LogP contribution in [0.1, 0.15) is 50.5 Å². The molecule has 1 aliphatic heterocycles. The molecule has 1 aromatic rings. The van der Waals surface area contributed by atoms with Crippen LogP contribution in [0.15, 0.2) is 30.3 Å². The van der Waals surface area contributed by atoms with E-state index in [4.69, 9.17) is 5.73 Å². The van der Waals surface area contributed by atoms with Crippen molar-refractivity contribution in [1.82, 2.24) is 4.90 Å². The minimum Gasteiger partial charge on any atom is -0.329 e. The van der Waals surface area contributed by atoms with Crippen LogP contribution in [0, 0.1) is 5.92 Å². The summed E-state index contributed by atoms with van der Waals surface area (Å²) in [7, 11) is 0. The Labute approximate surface area is 123 Å². The molecule has 2 nitrogen and oxygen atoms in total. The second kappa shape index (κ2) is 5.87. The molecule has 2 atom stereocenters. The van der Waals surface area contributed by atoms with Gasteiger partial charge in [-0.1, -0.05) is 49.6 Å². The van der Waals surface area contributed by atoms with Crippen LogP contribution in [0.4, 0.5) is 0 Å². The summed E-state index contributed by atoms with van der Waals surface area (Å²) in [6, 6.07) is 11.0. The van der Waals surface area contributed by atoms with Crippen molar-refractivity contribution in [2.45, 2.75) is 50.5 Å². The Hall–Kier alpha value is -0.860. The van der Waals surface area contributed by atoms with Crippen LogP contribution in [0.25, 0.3) is 0 Å². The lowest BCUT2D eigenvalue weighted by Crippen LogP contribution is -2.52. The highest BCUT2D eigenvalue weighted by molar-refractivity contribution is 5.21. The molecule has 2 aliphatic rings.